The van der Waals surface area contributed by atoms with Crippen LogP contribution < -0.4 is 11.1 Å². The van der Waals surface area contributed by atoms with Crippen LogP contribution in [0.2, 0.25) is 0 Å². The quantitative estimate of drug-likeness (QED) is 0.640. The second-order valence-corrected chi connectivity index (χ2v) is 8.10. The number of primary amides is 1. The smallest absolute Gasteiger partial charge is 0.252 e. The van der Waals surface area contributed by atoms with E-state index in [-0.39, 0.29) is 12.5 Å². The first kappa shape index (κ1) is 21.2. The standard InChI is InChI=1S/C24H32N2O3/c1-2-7-19-14-18(12-11-17-8-4-3-5-9-17)15-21(22(19)23(25)27)24(28)26-16-20-10-6-13-29-20/h6,10,13-15,17H,2-5,7-9,11-12,16H2,1H3,(H2,25,27)(H,26,28). The van der Waals surface area contributed by atoms with Gasteiger partial charge in [-0.1, -0.05) is 51.5 Å². The molecule has 5 nitrogen and oxygen atoms in total. The molecular formula is C24H32N2O3. The molecule has 0 aliphatic heterocycles. The van der Waals surface area contributed by atoms with Crippen molar-refractivity contribution in [1.29, 1.82) is 0 Å². The van der Waals surface area contributed by atoms with Crippen molar-refractivity contribution in [2.45, 2.75) is 71.3 Å². The molecule has 0 bridgehead atoms. The van der Waals surface area contributed by atoms with Crippen LogP contribution in [0.3, 0.4) is 0 Å². The zero-order chi connectivity index (χ0) is 20.6. The summed E-state index contributed by atoms with van der Waals surface area (Å²) in [4.78, 5) is 25.1. The van der Waals surface area contributed by atoms with Gasteiger partial charge in [0.25, 0.3) is 5.91 Å². The number of hydrogen-bond donors (Lipinski definition) is 2. The van der Waals surface area contributed by atoms with Gasteiger partial charge in [-0.05, 0) is 54.5 Å². The van der Waals surface area contributed by atoms with Gasteiger partial charge in [0.15, 0.2) is 0 Å². The summed E-state index contributed by atoms with van der Waals surface area (Å²) < 4.78 is 5.28. The Hall–Kier alpha value is -2.56. The lowest BCUT2D eigenvalue weighted by molar-refractivity contribution is 0.0931. The average Bonchev–Trinajstić information content (AvgIpc) is 3.24. The van der Waals surface area contributed by atoms with Gasteiger partial charge in [0.1, 0.15) is 5.76 Å². The summed E-state index contributed by atoms with van der Waals surface area (Å²) in [5, 5.41) is 2.86. The molecule has 29 heavy (non-hydrogen) atoms. The molecule has 1 aliphatic carbocycles. The second kappa shape index (κ2) is 10.3. The maximum absolute atomic E-state index is 12.9. The topological polar surface area (TPSA) is 85.3 Å². The van der Waals surface area contributed by atoms with Crippen molar-refractivity contribution >= 4 is 11.8 Å². The maximum Gasteiger partial charge on any atom is 0.252 e. The molecule has 2 amide bonds. The number of rotatable bonds is 9. The van der Waals surface area contributed by atoms with E-state index in [1.165, 1.54) is 32.1 Å². The largest absolute Gasteiger partial charge is 0.467 e. The van der Waals surface area contributed by atoms with Crippen molar-refractivity contribution in [3.05, 3.63) is 58.5 Å². The molecule has 2 aromatic rings. The Morgan fingerprint density at radius 2 is 1.97 bits per heavy atom. The fourth-order valence-corrected chi connectivity index (χ4v) is 4.37. The van der Waals surface area contributed by atoms with Gasteiger partial charge in [0.05, 0.1) is 23.9 Å². The number of nitrogens with two attached hydrogens (primary N) is 1. The van der Waals surface area contributed by atoms with Gasteiger partial charge in [-0.25, -0.2) is 0 Å². The van der Waals surface area contributed by atoms with Crippen molar-refractivity contribution in [3.63, 3.8) is 0 Å². The van der Waals surface area contributed by atoms with Crippen molar-refractivity contribution in [2.75, 3.05) is 0 Å². The SMILES string of the molecule is CCCc1cc(CCC2CCCCC2)cc(C(=O)NCc2ccco2)c1C(N)=O. The Bertz CT molecular complexity index is 821. The molecule has 3 N–H and O–H groups in total. The lowest BCUT2D eigenvalue weighted by atomic mass is 9.84. The van der Waals surface area contributed by atoms with Gasteiger partial charge in [-0.15, -0.1) is 0 Å². The van der Waals surface area contributed by atoms with Gasteiger partial charge in [-0.2, -0.15) is 0 Å². The summed E-state index contributed by atoms with van der Waals surface area (Å²) in [5.74, 6) is 0.606. The molecule has 1 fully saturated rings. The van der Waals surface area contributed by atoms with Crippen LogP contribution in [0.5, 0.6) is 0 Å². The molecule has 5 heteroatoms. The number of benzene rings is 1. The fourth-order valence-electron chi connectivity index (χ4n) is 4.37. The van der Waals surface area contributed by atoms with Gasteiger partial charge >= 0.3 is 0 Å². The van der Waals surface area contributed by atoms with Crippen LogP contribution in [0.25, 0.3) is 0 Å². The summed E-state index contributed by atoms with van der Waals surface area (Å²) >= 11 is 0. The lowest BCUT2D eigenvalue weighted by Gasteiger charge is -2.22. The molecule has 3 rings (SSSR count). The van der Waals surface area contributed by atoms with Crippen molar-refractivity contribution in [3.8, 4) is 0 Å². The fraction of sp³-hybridized carbons (Fsp3) is 0.500. The third-order valence-electron chi connectivity index (χ3n) is 5.86. The van der Waals surface area contributed by atoms with Crippen molar-refractivity contribution in [2.24, 2.45) is 11.7 Å². The molecular weight excluding hydrogens is 364 g/mol. The minimum absolute atomic E-state index is 0.277. The van der Waals surface area contributed by atoms with E-state index in [0.717, 1.165) is 42.7 Å². The molecule has 1 aromatic carbocycles. The number of amides is 2. The summed E-state index contributed by atoms with van der Waals surface area (Å²) in [6.07, 6.45) is 11.9. The Kier molecular flexibility index (Phi) is 7.50. The predicted octanol–water partition coefficient (Wildman–Crippen LogP) is 4.77. The average molecular weight is 397 g/mol. The van der Waals surface area contributed by atoms with Crippen LogP contribution in [0, 0.1) is 5.92 Å². The van der Waals surface area contributed by atoms with Crippen LogP contribution in [0.1, 0.15) is 89.5 Å². The first-order valence-corrected chi connectivity index (χ1v) is 10.8. The van der Waals surface area contributed by atoms with Crippen molar-refractivity contribution < 1.29 is 14.0 Å². The molecule has 156 valence electrons. The highest BCUT2D eigenvalue weighted by Gasteiger charge is 2.21. The number of furan rings is 1. The lowest BCUT2D eigenvalue weighted by Crippen LogP contribution is -2.27. The molecule has 0 saturated heterocycles. The molecule has 1 heterocycles. The maximum atomic E-state index is 12.9. The molecule has 1 aliphatic rings. The van der Waals surface area contributed by atoms with E-state index in [4.69, 9.17) is 10.2 Å². The summed E-state index contributed by atoms with van der Waals surface area (Å²) in [7, 11) is 0. The van der Waals surface area contributed by atoms with E-state index in [1.807, 2.05) is 6.07 Å². The second-order valence-electron chi connectivity index (χ2n) is 8.10. The van der Waals surface area contributed by atoms with E-state index in [2.05, 4.69) is 18.3 Å². The Morgan fingerprint density at radius 3 is 2.62 bits per heavy atom. The number of carbonyl (C=O) groups is 2. The van der Waals surface area contributed by atoms with E-state index in [1.54, 1.807) is 18.4 Å². The zero-order valence-corrected chi connectivity index (χ0v) is 17.3. The summed E-state index contributed by atoms with van der Waals surface area (Å²) in [5.41, 5.74) is 8.41. The molecule has 0 spiro atoms. The van der Waals surface area contributed by atoms with Gasteiger partial charge < -0.3 is 15.5 Å². The highest BCUT2D eigenvalue weighted by molar-refractivity contribution is 6.07. The monoisotopic (exact) mass is 396 g/mol. The normalized spacial score (nSPS) is 14.7. The Labute approximate surface area is 173 Å². The Balaban J connectivity index is 1.82. The Morgan fingerprint density at radius 1 is 1.17 bits per heavy atom. The van der Waals surface area contributed by atoms with Crippen LogP contribution in [-0.4, -0.2) is 11.8 Å². The number of aryl methyl sites for hydroxylation is 2. The highest BCUT2D eigenvalue weighted by atomic mass is 16.3. The minimum Gasteiger partial charge on any atom is -0.467 e. The molecule has 1 saturated carbocycles. The third kappa shape index (κ3) is 5.72. The van der Waals surface area contributed by atoms with E-state index < -0.39 is 5.91 Å². The van der Waals surface area contributed by atoms with Crippen LogP contribution >= 0.6 is 0 Å². The number of hydrogen-bond acceptors (Lipinski definition) is 3. The van der Waals surface area contributed by atoms with E-state index in [9.17, 15) is 9.59 Å². The predicted molar refractivity (Wildman–Crippen MR) is 114 cm³/mol. The van der Waals surface area contributed by atoms with Gasteiger partial charge in [0.2, 0.25) is 5.91 Å². The molecule has 1 aromatic heterocycles. The van der Waals surface area contributed by atoms with E-state index in [0.29, 0.717) is 16.9 Å². The van der Waals surface area contributed by atoms with Crippen LogP contribution in [0.4, 0.5) is 0 Å². The third-order valence-corrected chi connectivity index (χ3v) is 5.86. The molecule has 0 atom stereocenters. The minimum atomic E-state index is -0.546. The first-order valence-electron chi connectivity index (χ1n) is 10.8. The number of nitrogens with one attached hydrogen (secondary N) is 1. The summed E-state index contributed by atoms with van der Waals surface area (Å²) in [6.45, 7) is 2.34. The van der Waals surface area contributed by atoms with Crippen LogP contribution in [0.15, 0.2) is 34.9 Å². The highest BCUT2D eigenvalue weighted by Crippen LogP contribution is 2.28. The molecule has 0 unspecified atom stereocenters. The van der Waals surface area contributed by atoms with Gasteiger partial charge in [-0.3, -0.25) is 9.59 Å². The first-order chi connectivity index (χ1) is 14.1. The van der Waals surface area contributed by atoms with Gasteiger partial charge in [0, 0.05) is 0 Å². The van der Waals surface area contributed by atoms with Crippen LogP contribution in [-0.2, 0) is 19.4 Å². The number of carbonyl (C=O) groups excluding carboxylic acids is 2. The van der Waals surface area contributed by atoms with E-state index >= 15 is 0 Å². The van der Waals surface area contributed by atoms with Crippen molar-refractivity contribution in [1.82, 2.24) is 5.32 Å². The summed E-state index contributed by atoms with van der Waals surface area (Å²) in [6, 6.07) is 7.52. The zero-order valence-electron chi connectivity index (χ0n) is 17.3. The molecule has 0 radical (unpaired) electrons.